The van der Waals surface area contributed by atoms with E-state index in [1.807, 2.05) is 45.2 Å². The van der Waals surface area contributed by atoms with E-state index in [9.17, 15) is 8.42 Å². The fourth-order valence-corrected chi connectivity index (χ4v) is 6.60. The Kier molecular flexibility index (Phi) is 7.95. The summed E-state index contributed by atoms with van der Waals surface area (Å²) in [4.78, 5) is 16.2. The van der Waals surface area contributed by atoms with E-state index in [0.717, 1.165) is 44.8 Å². The predicted molar refractivity (Wildman–Crippen MR) is 172 cm³/mol. The Morgan fingerprint density at radius 2 is 1.61 bits per heavy atom. The molecule has 1 aliphatic heterocycles. The number of piperidine rings is 1. The molecule has 0 spiro atoms. The zero-order valence-corrected chi connectivity index (χ0v) is 26.3. The van der Waals surface area contributed by atoms with Gasteiger partial charge < -0.3 is 15.5 Å². The molecule has 0 saturated carbocycles. The molecule has 0 radical (unpaired) electrons. The maximum atomic E-state index is 12.8. The molecule has 228 valence electrons. The van der Waals surface area contributed by atoms with Crippen LogP contribution in [0.25, 0.3) is 11.0 Å². The Balaban J connectivity index is 1.08. The Hall–Kier alpha value is -4.55. The van der Waals surface area contributed by atoms with E-state index >= 15 is 0 Å². The van der Waals surface area contributed by atoms with Gasteiger partial charge >= 0.3 is 0 Å². The molecular formula is C32H36N8O3S. The lowest BCUT2D eigenvalue weighted by atomic mass is 10.1. The van der Waals surface area contributed by atoms with Crippen LogP contribution >= 0.6 is 0 Å². The normalized spacial score (nSPS) is 14.2. The summed E-state index contributed by atoms with van der Waals surface area (Å²) in [5, 5.41) is 12.1. The molecule has 0 aliphatic carbocycles. The van der Waals surface area contributed by atoms with Crippen molar-refractivity contribution in [2.75, 3.05) is 28.6 Å². The number of para-hydroxylation sites is 1. The summed E-state index contributed by atoms with van der Waals surface area (Å²) in [6.45, 7) is 9.27. The van der Waals surface area contributed by atoms with Crippen molar-refractivity contribution >= 4 is 50.1 Å². The molecule has 1 aliphatic rings. The highest BCUT2D eigenvalue weighted by atomic mass is 32.2. The van der Waals surface area contributed by atoms with Crippen LogP contribution in [0.5, 0.6) is 0 Å². The van der Waals surface area contributed by atoms with Crippen molar-refractivity contribution in [3.63, 3.8) is 0 Å². The summed E-state index contributed by atoms with van der Waals surface area (Å²) in [5.41, 5.74) is 6.72. The molecule has 6 rings (SSSR count). The first kappa shape index (κ1) is 29.5. The van der Waals surface area contributed by atoms with Crippen molar-refractivity contribution in [2.24, 2.45) is 7.05 Å². The first-order valence-corrected chi connectivity index (χ1v) is 16.0. The van der Waals surface area contributed by atoms with Gasteiger partial charge in [-0.05, 0) is 87.1 Å². The van der Waals surface area contributed by atoms with Crippen molar-refractivity contribution in [1.29, 1.82) is 0 Å². The molecule has 44 heavy (non-hydrogen) atoms. The molecule has 2 N–H and O–H groups in total. The summed E-state index contributed by atoms with van der Waals surface area (Å²) in [7, 11) is -1.95. The predicted octanol–water partition coefficient (Wildman–Crippen LogP) is 5.85. The van der Waals surface area contributed by atoms with E-state index in [-0.39, 0.29) is 11.0 Å². The van der Waals surface area contributed by atoms with E-state index in [1.165, 1.54) is 0 Å². The average molecular weight is 613 g/mol. The summed E-state index contributed by atoms with van der Waals surface area (Å²) < 4.78 is 33.0. The summed E-state index contributed by atoms with van der Waals surface area (Å²) in [5.74, 6) is 1.96. The molecule has 0 bridgehead atoms. The van der Waals surface area contributed by atoms with Crippen LogP contribution < -0.4 is 15.5 Å². The van der Waals surface area contributed by atoms with Crippen LogP contribution in [0.3, 0.4) is 0 Å². The van der Waals surface area contributed by atoms with E-state index in [0.29, 0.717) is 43.3 Å². The molecule has 0 atom stereocenters. The van der Waals surface area contributed by atoms with Crippen LogP contribution in [-0.4, -0.2) is 52.3 Å². The fourth-order valence-electron chi connectivity index (χ4n) is 5.38. The lowest BCUT2D eigenvalue weighted by Gasteiger charge is -2.32. The van der Waals surface area contributed by atoms with Gasteiger partial charge in [0.2, 0.25) is 5.95 Å². The van der Waals surface area contributed by atoms with E-state index in [1.54, 1.807) is 29.2 Å². The third-order valence-electron chi connectivity index (χ3n) is 8.10. The Bertz CT molecular complexity index is 1910. The maximum absolute atomic E-state index is 12.8. The summed E-state index contributed by atoms with van der Waals surface area (Å²) in [6.07, 6.45) is 4.32. The second-order valence-corrected chi connectivity index (χ2v) is 12.9. The third kappa shape index (κ3) is 6.08. The zero-order valence-electron chi connectivity index (χ0n) is 25.5. The van der Waals surface area contributed by atoms with E-state index < -0.39 is 10.1 Å². The van der Waals surface area contributed by atoms with E-state index in [2.05, 4.69) is 56.6 Å². The molecule has 3 aromatic heterocycles. The van der Waals surface area contributed by atoms with Gasteiger partial charge in [-0.2, -0.15) is 18.5 Å². The van der Waals surface area contributed by atoms with Crippen LogP contribution in [0, 0.1) is 27.7 Å². The first-order chi connectivity index (χ1) is 21.1. The monoisotopic (exact) mass is 612 g/mol. The number of fused-ring (bicyclic) bond motifs is 1. The molecule has 0 amide bonds. The number of nitrogens with zero attached hydrogens (tertiary/aromatic N) is 6. The SMILES string of the molecule is Cc1ccc(S(=O)(=O)OC2CCN(c3ccc(Nc4ncc5c(Nc6c(C)cccc6C)nn(C)c5n4)cn3)CC2)cc1C. The Morgan fingerprint density at radius 3 is 2.30 bits per heavy atom. The van der Waals surface area contributed by atoms with Gasteiger partial charge in [-0.1, -0.05) is 24.3 Å². The number of aromatic nitrogens is 5. The Morgan fingerprint density at radius 1 is 0.864 bits per heavy atom. The largest absolute Gasteiger partial charge is 0.356 e. The second kappa shape index (κ2) is 11.9. The molecule has 5 aromatic rings. The highest BCUT2D eigenvalue weighted by molar-refractivity contribution is 7.86. The quantitative estimate of drug-likeness (QED) is 0.206. The standard InChI is InChI=1S/C32H36N8O3S/c1-20-9-11-26(17-23(20)4)44(41,42)43-25-13-15-40(16-14-25)28-12-10-24(18-33-28)35-32-34-19-27-30(38-39(5)31(27)37-32)36-29-21(2)7-6-8-22(29)3/h6-12,17-19,25H,13-16H2,1-5H3,(H,36,38)(H,34,35,37). The van der Waals surface area contributed by atoms with Crippen LogP contribution in [0.1, 0.15) is 35.1 Å². The van der Waals surface area contributed by atoms with Crippen LogP contribution in [-0.2, 0) is 21.3 Å². The third-order valence-corrected chi connectivity index (χ3v) is 9.46. The lowest BCUT2D eigenvalue weighted by molar-refractivity contribution is 0.178. The molecule has 1 saturated heterocycles. The number of hydrogen-bond acceptors (Lipinski definition) is 10. The Labute approximate surface area is 257 Å². The molecule has 12 heteroatoms. The summed E-state index contributed by atoms with van der Waals surface area (Å²) >= 11 is 0. The van der Waals surface area contributed by atoms with Crippen LogP contribution in [0.4, 0.5) is 29.0 Å². The number of hydrogen-bond donors (Lipinski definition) is 2. The van der Waals surface area contributed by atoms with Gasteiger partial charge in [0.15, 0.2) is 11.5 Å². The van der Waals surface area contributed by atoms with Gasteiger partial charge in [-0.15, -0.1) is 0 Å². The minimum absolute atomic E-state index is 0.203. The fraction of sp³-hybridized carbons (Fsp3) is 0.312. The van der Waals surface area contributed by atoms with Gasteiger partial charge in [0.05, 0.1) is 28.3 Å². The van der Waals surface area contributed by atoms with Crippen molar-refractivity contribution < 1.29 is 12.6 Å². The maximum Gasteiger partial charge on any atom is 0.297 e. The van der Waals surface area contributed by atoms with Crippen LogP contribution in [0.15, 0.2) is 65.8 Å². The number of anilines is 5. The molecule has 2 aromatic carbocycles. The van der Waals surface area contributed by atoms with Crippen molar-refractivity contribution in [3.8, 4) is 0 Å². The lowest BCUT2D eigenvalue weighted by Crippen LogP contribution is -2.38. The molecular weight excluding hydrogens is 576 g/mol. The van der Waals surface area contributed by atoms with Gasteiger partial charge in [0.1, 0.15) is 5.82 Å². The smallest absolute Gasteiger partial charge is 0.297 e. The van der Waals surface area contributed by atoms with Gasteiger partial charge in [0.25, 0.3) is 10.1 Å². The minimum Gasteiger partial charge on any atom is -0.356 e. The van der Waals surface area contributed by atoms with Crippen molar-refractivity contribution in [1.82, 2.24) is 24.7 Å². The molecule has 11 nitrogen and oxygen atoms in total. The first-order valence-electron chi connectivity index (χ1n) is 14.6. The highest BCUT2D eigenvalue weighted by Gasteiger charge is 2.27. The molecule has 4 heterocycles. The van der Waals surface area contributed by atoms with Crippen molar-refractivity contribution in [3.05, 3.63) is 83.2 Å². The number of aryl methyl sites for hydroxylation is 5. The van der Waals surface area contributed by atoms with Crippen molar-refractivity contribution in [2.45, 2.75) is 51.5 Å². The molecule has 1 fully saturated rings. The molecule has 0 unspecified atom stereocenters. The summed E-state index contributed by atoms with van der Waals surface area (Å²) in [6, 6.07) is 15.1. The van der Waals surface area contributed by atoms with Gasteiger partial charge in [-0.25, -0.2) is 14.6 Å². The highest BCUT2D eigenvalue weighted by Crippen LogP contribution is 2.29. The number of nitrogens with one attached hydrogen (secondary N) is 2. The van der Waals surface area contributed by atoms with Gasteiger partial charge in [-0.3, -0.25) is 4.18 Å². The number of benzene rings is 2. The van der Waals surface area contributed by atoms with Crippen LogP contribution in [0.2, 0.25) is 0 Å². The number of pyridine rings is 1. The zero-order chi connectivity index (χ0) is 31.0. The number of rotatable bonds is 8. The minimum atomic E-state index is -3.81. The topological polar surface area (TPSA) is 127 Å². The average Bonchev–Trinajstić information content (AvgIpc) is 3.31. The second-order valence-electron chi connectivity index (χ2n) is 11.3. The van der Waals surface area contributed by atoms with Gasteiger partial charge in [0, 0.05) is 32.0 Å². The van der Waals surface area contributed by atoms with E-state index in [4.69, 9.17) is 9.17 Å².